The van der Waals surface area contributed by atoms with E-state index >= 15 is 0 Å². The summed E-state index contributed by atoms with van der Waals surface area (Å²) >= 11 is 0. The van der Waals surface area contributed by atoms with Crippen molar-refractivity contribution in [1.82, 2.24) is 5.32 Å². The molecule has 0 fully saturated rings. The Balaban J connectivity index is 3.86. The zero-order chi connectivity index (χ0) is 36.9. The molecule has 12 nitrogen and oxygen atoms in total. The minimum atomic E-state index is -4.18. The molecule has 49 heavy (non-hydrogen) atoms. The third kappa shape index (κ3) is 31.8. The molecule has 1 amide bonds. The quantitative estimate of drug-likeness (QED) is 0.0220. The zero-order valence-corrected chi connectivity index (χ0v) is 30.8. The number of aliphatic hydroxyl groups excluding tert-OH is 5. The lowest BCUT2D eigenvalue weighted by molar-refractivity contribution is -0.150. The van der Waals surface area contributed by atoms with Gasteiger partial charge in [0.15, 0.2) is 0 Å². The molecule has 0 saturated carbocycles. The molecule has 0 saturated heterocycles. The number of unbranched alkanes of at least 4 members (excludes halogenated alkanes) is 10. The van der Waals surface area contributed by atoms with Gasteiger partial charge in [0, 0.05) is 32.2 Å². The SMILES string of the molecule is CCCCC/C=C/C(O)CCCCC/C=C/C(O)CCCCCCCC(=O)OC(C)C[C@H](O)[C@H](O)C[C@H](O)CCC(=O)NCCS(=O)(=O)O. The minimum absolute atomic E-state index is 0.0186. The summed E-state index contributed by atoms with van der Waals surface area (Å²) in [7, 11) is -4.18. The molecule has 0 aromatic rings. The molecule has 0 aromatic carbocycles. The van der Waals surface area contributed by atoms with Crippen molar-refractivity contribution < 1.29 is 52.8 Å². The van der Waals surface area contributed by atoms with Crippen molar-refractivity contribution in [3.8, 4) is 0 Å². The topological polar surface area (TPSA) is 211 Å². The van der Waals surface area contributed by atoms with Crippen molar-refractivity contribution >= 4 is 22.0 Å². The van der Waals surface area contributed by atoms with E-state index in [2.05, 4.69) is 18.3 Å². The van der Waals surface area contributed by atoms with E-state index in [4.69, 9.17) is 9.29 Å². The monoisotopic (exact) mass is 721 g/mol. The number of ether oxygens (including phenoxy) is 1. The summed E-state index contributed by atoms with van der Waals surface area (Å²) in [5.41, 5.74) is 0. The summed E-state index contributed by atoms with van der Waals surface area (Å²) in [6.45, 7) is 3.53. The standard InChI is InChI=1S/C36H67NO11S/c1-3-4-5-8-13-18-30(38)19-14-9-6-10-15-20-31(39)21-16-11-7-12-17-22-36(44)48-29(2)27-33(41)34(42)28-32(40)23-24-35(43)37-25-26-49(45,46)47/h13,15,18,20,29-34,38-42H,3-12,14,16-17,19,21-28H2,1-2H3,(H,37,43)(H,45,46,47)/b18-13+,20-15+/t29?,30?,31?,32-,33+,34-/m1/s1. The average Bonchev–Trinajstić information content (AvgIpc) is 3.02. The molecular formula is C36H67NO11S. The van der Waals surface area contributed by atoms with Crippen molar-refractivity contribution in [3.05, 3.63) is 24.3 Å². The molecule has 0 rings (SSSR count). The molecular weight excluding hydrogens is 654 g/mol. The lowest BCUT2D eigenvalue weighted by Crippen LogP contribution is -2.34. The van der Waals surface area contributed by atoms with Crippen LogP contribution in [0.2, 0.25) is 0 Å². The van der Waals surface area contributed by atoms with Crippen molar-refractivity contribution in [1.29, 1.82) is 0 Å². The van der Waals surface area contributed by atoms with Crippen molar-refractivity contribution in [2.45, 2.75) is 179 Å². The first kappa shape index (κ1) is 47.1. The van der Waals surface area contributed by atoms with Crippen LogP contribution < -0.4 is 5.32 Å². The highest BCUT2D eigenvalue weighted by Crippen LogP contribution is 2.15. The highest BCUT2D eigenvalue weighted by Gasteiger charge is 2.24. The Morgan fingerprint density at radius 1 is 0.714 bits per heavy atom. The number of hydrogen-bond acceptors (Lipinski definition) is 10. The number of hydrogen-bond donors (Lipinski definition) is 7. The molecule has 0 aromatic heterocycles. The third-order valence-corrected chi connectivity index (χ3v) is 8.91. The van der Waals surface area contributed by atoms with E-state index in [9.17, 15) is 43.5 Å². The van der Waals surface area contributed by atoms with E-state index in [1.165, 1.54) is 19.3 Å². The molecule has 0 aliphatic rings. The van der Waals surface area contributed by atoms with E-state index in [1.807, 2.05) is 18.2 Å². The van der Waals surface area contributed by atoms with Gasteiger partial charge in [-0.2, -0.15) is 8.42 Å². The van der Waals surface area contributed by atoms with E-state index < -0.39 is 52.3 Å². The second-order valence-electron chi connectivity index (χ2n) is 13.2. The Hall–Kier alpha value is -1.87. The summed E-state index contributed by atoms with van der Waals surface area (Å²) in [6, 6.07) is 0. The third-order valence-electron chi connectivity index (χ3n) is 8.19. The van der Waals surface area contributed by atoms with Crippen LogP contribution in [0.15, 0.2) is 24.3 Å². The molecule has 0 heterocycles. The van der Waals surface area contributed by atoms with Crippen LogP contribution in [-0.4, -0.2) is 99.3 Å². The van der Waals surface area contributed by atoms with Crippen LogP contribution in [0.4, 0.5) is 0 Å². The maximum absolute atomic E-state index is 12.2. The molecule has 0 spiro atoms. The molecule has 0 bridgehead atoms. The lowest BCUT2D eigenvalue weighted by atomic mass is 9.99. The number of nitrogens with one attached hydrogen (secondary N) is 1. The Morgan fingerprint density at radius 3 is 1.84 bits per heavy atom. The highest BCUT2D eigenvalue weighted by molar-refractivity contribution is 7.85. The maximum atomic E-state index is 12.2. The second kappa shape index (κ2) is 29.8. The molecule has 0 aliphatic heterocycles. The van der Waals surface area contributed by atoms with Gasteiger partial charge in [-0.05, 0) is 58.3 Å². The zero-order valence-electron chi connectivity index (χ0n) is 30.0. The van der Waals surface area contributed by atoms with E-state index in [-0.39, 0.29) is 50.7 Å². The number of allylic oxidation sites excluding steroid dienone is 2. The fraction of sp³-hybridized carbons (Fsp3) is 0.833. The van der Waals surface area contributed by atoms with Crippen LogP contribution in [0.25, 0.3) is 0 Å². The largest absolute Gasteiger partial charge is 0.463 e. The van der Waals surface area contributed by atoms with Gasteiger partial charge in [-0.15, -0.1) is 0 Å². The van der Waals surface area contributed by atoms with Gasteiger partial charge in [0.25, 0.3) is 10.1 Å². The first-order chi connectivity index (χ1) is 23.2. The Kier molecular flexibility index (Phi) is 28.7. The van der Waals surface area contributed by atoms with Crippen molar-refractivity contribution in [2.24, 2.45) is 0 Å². The maximum Gasteiger partial charge on any atom is 0.306 e. The van der Waals surface area contributed by atoms with E-state index in [1.54, 1.807) is 6.92 Å². The fourth-order valence-corrected chi connectivity index (χ4v) is 5.60. The fourth-order valence-electron chi connectivity index (χ4n) is 5.24. The Morgan fingerprint density at radius 2 is 1.24 bits per heavy atom. The van der Waals surface area contributed by atoms with Gasteiger partial charge in [-0.3, -0.25) is 14.1 Å². The predicted molar refractivity (Wildman–Crippen MR) is 191 cm³/mol. The Bertz CT molecular complexity index is 1000. The molecule has 13 heteroatoms. The normalized spacial score (nSPS) is 16.0. The van der Waals surface area contributed by atoms with E-state index in [0.717, 1.165) is 64.2 Å². The molecule has 6 atom stereocenters. The van der Waals surface area contributed by atoms with Crippen LogP contribution in [0.1, 0.15) is 142 Å². The lowest BCUT2D eigenvalue weighted by Gasteiger charge is -2.23. The van der Waals surface area contributed by atoms with Gasteiger partial charge in [-0.1, -0.05) is 82.6 Å². The number of carbonyl (C=O) groups is 2. The number of carbonyl (C=O) groups excluding carboxylic acids is 2. The summed E-state index contributed by atoms with van der Waals surface area (Å²) in [5, 5.41) is 53.0. The van der Waals surface area contributed by atoms with Gasteiger partial charge in [0.2, 0.25) is 5.91 Å². The Labute approximate surface area is 295 Å². The molecule has 288 valence electrons. The minimum Gasteiger partial charge on any atom is -0.463 e. The first-order valence-corrected chi connectivity index (χ1v) is 20.0. The first-order valence-electron chi connectivity index (χ1n) is 18.4. The molecule has 7 N–H and O–H groups in total. The van der Waals surface area contributed by atoms with Gasteiger partial charge >= 0.3 is 5.97 Å². The summed E-state index contributed by atoms with van der Waals surface area (Å²) in [5.74, 6) is -1.53. The highest BCUT2D eigenvalue weighted by atomic mass is 32.2. The van der Waals surface area contributed by atoms with Gasteiger partial charge in [0.05, 0.1) is 36.3 Å². The van der Waals surface area contributed by atoms with Gasteiger partial charge < -0.3 is 35.6 Å². The van der Waals surface area contributed by atoms with Gasteiger partial charge in [0.1, 0.15) is 6.10 Å². The second-order valence-corrected chi connectivity index (χ2v) is 14.7. The van der Waals surface area contributed by atoms with Crippen LogP contribution in [-0.2, 0) is 24.4 Å². The van der Waals surface area contributed by atoms with Crippen LogP contribution in [0.5, 0.6) is 0 Å². The summed E-state index contributed by atoms with van der Waals surface area (Å²) in [4.78, 5) is 23.9. The predicted octanol–water partition coefficient (Wildman–Crippen LogP) is 4.66. The summed E-state index contributed by atoms with van der Waals surface area (Å²) < 4.78 is 35.3. The molecule has 0 radical (unpaired) electrons. The molecule has 0 aliphatic carbocycles. The van der Waals surface area contributed by atoms with Crippen LogP contribution in [0.3, 0.4) is 0 Å². The average molecular weight is 722 g/mol. The van der Waals surface area contributed by atoms with Crippen molar-refractivity contribution in [3.63, 3.8) is 0 Å². The number of amides is 1. The van der Waals surface area contributed by atoms with Crippen LogP contribution in [0, 0.1) is 0 Å². The van der Waals surface area contributed by atoms with Crippen LogP contribution >= 0.6 is 0 Å². The number of rotatable bonds is 32. The summed E-state index contributed by atoms with van der Waals surface area (Å²) in [6.07, 6.45) is 17.2. The molecule has 3 unspecified atom stereocenters. The van der Waals surface area contributed by atoms with Gasteiger partial charge in [-0.25, -0.2) is 0 Å². The van der Waals surface area contributed by atoms with Crippen molar-refractivity contribution in [2.75, 3.05) is 12.3 Å². The van der Waals surface area contributed by atoms with E-state index in [0.29, 0.717) is 12.8 Å². The smallest absolute Gasteiger partial charge is 0.306 e. The number of aliphatic hydroxyl groups is 5. The number of esters is 1.